The Balaban J connectivity index is 1.44. The number of rotatable bonds is 4. The third kappa shape index (κ3) is 2.93. The topological polar surface area (TPSA) is 64.0 Å². The molecule has 1 aliphatic carbocycles. The summed E-state index contributed by atoms with van der Waals surface area (Å²) in [7, 11) is -3.42. The monoisotopic (exact) mass is 331 g/mol. The van der Waals surface area contributed by atoms with E-state index < -0.39 is 10.0 Å². The van der Waals surface area contributed by atoms with Gasteiger partial charge in [0.1, 0.15) is 5.82 Å². The lowest BCUT2D eigenvalue weighted by Gasteiger charge is -2.24. The van der Waals surface area contributed by atoms with Crippen LogP contribution in [-0.2, 0) is 35.8 Å². The van der Waals surface area contributed by atoms with Crippen molar-refractivity contribution in [3.05, 3.63) is 47.5 Å². The minimum absolute atomic E-state index is 0.320. The number of sulfonamides is 1. The molecule has 1 N–H and O–H groups in total. The van der Waals surface area contributed by atoms with Gasteiger partial charge in [-0.05, 0) is 54.9 Å². The second-order valence-corrected chi connectivity index (χ2v) is 8.30. The SMILES string of the molecule is O=S(=O)(NCC1CCc2nccn2C1)c1ccc2c(c1)CCC2. The maximum absolute atomic E-state index is 12.5. The Labute approximate surface area is 136 Å². The van der Waals surface area contributed by atoms with E-state index in [1.54, 1.807) is 6.07 Å². The highest BCUT2D eigenvalue weighted by Crippen LogP contribution is 2.25. The van der Waals surface area contributed by atoms with E-state index in [0.29, 0.717) is 17.4 Å². The van der Waals surface area contributed by atoms with Crippen LogP contribution in [0.2, 0.25) is 0 Å². The summed E-state index contributed by atoms with van der Waals surface area (Å²) in [6.07, 6.45) is 8.86. The van der Waals surface area contributed by atoms with Crippen LogP contribution >= 0.6 is 0 Å². The summed E-state index contributed by atoms with van der Waals surface area (Å²) in [5.74, 6) is 1.42. The van der Waals surface area contributed by atoms with Gasteiger partial charge >= 0.3 is 0 Å². The van der Waals surface area contributed by atoms with Crippen LogP contribution in [0.4, 0.5) is 0 Å². The lowest BCUT2D eigenvalue weighted by atomic mass is 10.00. The van der Waals surface area contributed by atoms with Gasteiger partial charge in [-0.2, -0.15) is 0 Å². The maximum atomic E-state index is 12.5. The minimum Gasteiger partial charge on any atom is -0.335 e. The van der Waals surface area contributed by atoms with Gasteiger partial charge in [0.05, 0.1) is 4.90 Å². The maximum Gasteiger partial charge on any atom is 0.240 e. The Kier molecular flexibility index (Phi) is 3.73. The Bertz CT molecular complexity index is 826. The van der Waals surface area contributed by atoms with E-state index in [0.717, 1.165) is 44.5 Å². The van der Waals surface area contributed by atoms with E-state index in [-0.39, 0.29) is 0 Å². The first-order valence-corrected chi connectivity index (χ1v) is 9.71. The number of nitrogens with zero attached hydrogens (tertiary/aromatic N) is 2. The predicted octanol–water partition coefficient (Wildman–Crippen LogP) is 1.91. The molecule has 6 heteroatoms. The molecule has 122 valence electrons. The van der Waals surface area contributed by atoms with Gasteiger partial charge in [0, 0.05) is 31.9 Å². The van der Waals surface area contributed by atoms with Crippen LogP contribution in [0.25, 0.3) is 0 Å². The number of hydrogen-bond donors (Lipinski definition) is 1. The molecule has 2 heterocycles. The lowest BCUT2D eigenvalue weighted by Crippen LogP contribution is -2.33. The first-order chi connectivity index (χ1) is 11.1. The quantitative estimate of drug-likeness (QED) is 0.931. The molecule has 1 unspecified atom stereocenters. The molecule has 23 heavy (non-hydrogen) atoms. The van der Waals surface area contributed by atoms with Crippen LogP contribution in [0.1, 0.15) is 29.8 Å². The summed E-state index contributed by atoms with van der Waals surface area (Å²) in [5.41, 5.74) is 2.48. The van der Waals surface area contributed by atoms with E-state index >= 15 is 0 Å². The molecule has 1 atom stereocenters. The van der Waals surface area contributed by atoms with Crippen LogP contribution in [0.5, 0.6) is 0 Å². The summed E-state index contributed by atoms with van der Waals surface area (Å²) in [4.78, 5) is 4.71. The van der Waals surface area contributed by atoms with Crippen molar-refractivity contribution >= 4 is 10.0 Å². The van der Waals surface area contributed by atoms with E-state index in [2.05, 4.69) is 14.3 Å². The van der Waals surface area contributed by atoms with Gasteiger partial charge in [-0.1, -0.05) is 6.07 Å². The highest BCUT2D eigenvalue weighted by atomic mass is 32.2. The fourth-order valence-electron chi connectivity index (χ4n) is 3.63. The second-order valence-electron chi connectivity index (χ2n) is 6.54. The van der Waals surface area contributed by atoms with Crippen LogP contribution in [0.3, 0.4) is 0 Å². The summed E-state index contributed by atoms with van der Waals surface area (Å²) in [6, 6.07) is 5.55. The molecule has 0 saturated heterocycles. The van der Waals surface area contributed by atoms with Gasteiger partial charge in [0.15, 0.2) is 0 Å². The van der Waals surface area contributed by atoms with E-state index in [9.17, 15) is 8.42 Å². The fourth-order valence-corrected chi connectivity index (χ4v) is 4.80. The molecule has 0 spiro atoms. The molecule has 0 fully saturated rings. The van der Waals surface area contributed by atoms with Crippen molar-refractivity contribution in [3.63, 3.8) is 0 Å². The Morgan fingerprint density at radius 1 is 1.22 bits per heavy atom. The Morgan fingerprint density at radius 2 is 2.09 bits per heavy atom. The number of fused-ring (bicyclic) bond motifs is 2. The average molecular weight is 331 g/mol. The number of hydrogen-bond acceptors (Lipinski definition) is 3. The molecule has 2 aliphatic rings. The average Bonchev–Trinajstić information content (AvgIpc) is 3.20. The van der Waals surface area contributed by atoms with Crippen molar-refractivity contribution < 1.29 is 8.42 Å². The number of benzene rings is 1. The molecule has 1 aromatic carbocycles. The number of imidazole rings is 1. The van der Waals surface area contributed by atoms with E-state index in [4.69, 9.17) is 0 Å². The summed E-state index contributed by atoms with van der Waals surface area (Å²) < 4.78 is 30.0. The Morgan fingerprint density at radius 3 is 3.00 bits per heavy atom. The zero-order chi connectivity index (χ0) is 15.9. The third-order valence-corrected chi connectivity index (χ3v) is 6.40. The van der Waals surface area contributed by atoms with Crippen LogP contribution in [0, 0.1) is 5.92 Å². The first kappa shape index (κ1) is 14.9. The van der Waals surface area contributed by atoms with Crippen molar-refractivity contribution in [1.29, 1.82) is 0 Å². The van der Waals surface area contributed by atoms with Crippen molar-refractivity contribution in [1.82, 2.24) is 14.3 Å². The molecule has 5 nitrogen and oxygen atoms in total. The number of aromatic nitrogens is 2. The molecular formula is C17H21N3O2S. The molecule has 0 saturated carbocycles. The van der Waals surface area contributed by atoms with Crippen LogP contribution < -0.4 is 4.72 Å². The highest BCUT2D eigenvalue weighted by molar-refractivity contribution is 7.89. The summed E-state index contributed by atoms with van der Waals surface area (Å²) >= 11 is 0. The van der Waals surface area contributed by atoms with Crippen molar-refractivity contribution in [2.45, 2.75) is 43.5 Å². The smallest absolute Gasteiger partial charge is 0.240 e. The van der Waals surface area contributed by atoms with Crippen molar-refractivity contribution in [2.75, 3.05) is 6.54 Å². The standard InChI is InChI=1S/C17H21N3O2S/c21-23(22,16-6-5-14-2-1-3-15(14)10-16)19-11-13-4-7-17-18-8-9-20(17)12-13/h5-6,8-10,13,19H,1-4,7,11-12H2. The molecule has 1 aromatic heterocycles. The zero-order valence-electron chi connectivity index (χ0n) is 13.0. The largest absolute Gasteiger partial charge is 0.335 e. The predicted molar refractivity (Wildman–Crippen MR) is 87.7 cm³/mol. The number of nitrogens with one attached hydrogen (secondary N) is 1. The van der Waals surface area contributed by atoms with Gasteiger partial charge in [-0.25, -0.2) is 18.1 Å². The first-order valence-electron chi connectivity index (χ1n) is 8.23. The van der Waals surface area contributed by atoms with Gasteiger partial charge < -0.3 is 4.57 Å². The Hall–Kier alpha value is -1.66. The van der Waals surface area contributed by atoms with E-state index in [1.165, 1.54) is 11.1 Å². The van der Waals surface area contributed by atoms with Gasteiger partial charge in [0.25, 0.3) is 0 Å². The normalized spacial score (nSPS) is 20.3. The summed E-state index contributed by atoms with van der Waals surface area (Å²) in [6.45, 7) is 1.32. The van der Waals surface area contributed by atoms with Crippen molar-refractivity contribution in [2.24, 2.45) is 5.92 Å². The highest BCUT2D eigenvalue weighted by Gasteiger charge is 2.23. The van der Waals surface area contributed by atoms with Gasteiger partial charge in [-0.3, -0.25) is 0 Å². The second kappa shape index (κ2) is 5.76. The molecular weight excluding hydrogens is 310 g/mol. The van der Waals surface area contributed by atoms with E-state index in [1.807, 2.05) is 24.5 Å². The fraction of sp³-hybridized carbons (Fsp3) is 0.471. The van der Waals surface area contributed by atoms with Gasteiger partial charge in [-0.15, -0.1) is 0 Å². The van der Waals surface area contributed by atoms with Crippen molar-refractivity contribution in [3.8, 4) is 0 Å². The third-order valence-electron chi connectivity index (χ3n) is 4.98. The molecule has 0 bridgehead atoms. The van der Waals surface area contributed by atoms with Gasteiger partial charge in [0.2, 0.25) is 10.0 Å². The molecule has 1 aliphatic heterocycles. The lowest BCUT2D eigenvalue weighted by molar-refractivity contribution is 0.363. The molecule has 4 rings (SSSR count). The van der Waals surface area contributed by atoms with Crippen LogP contribution in [0.15, 0.2) is 35.5 Å². The molecule has 2 aromatic rings. The number of aryl methyl sites for hydroxylation is 3. The zero-order valence-corrected chi connectivity index (χ0v) is 13.8. The molecule has 0 amide bonds. The minimum atomic E-state index is -3.42. The molecule has 0 radical (unpaired) electrons. The van der Waals surface area contributed by atoms with Crippen LogP contribution in [-0.4, -0.2) is 24.5 Å². The summed E-state index contributed by atoms with van der Waals surface area (Å²) in [5, 5.41) is 0.